The molecule has 0 fully saturated rings. The van der Waals surface area contributed by atoms with Crippen LogP contribution in [0.15, 0.2) is 29.4 Å². The highest BCUT2D eigenvalue weighted by Gasteiger charge is 2.25. The topological polar surface area (TPSA) is 103 Å². The molecule has 4 N–H and O–H groups in total. The van der Waals surface area contributed by atoms with Crippen LogP contribution in [-0.2, 0) is 16.1 Å². The van der Waals surface area contributed by atoms with Crippen LogP contribution in [0.3, 0.4) is 0 Å². The Kier molecular flexibility index (Phi) is 8.38. The Labute approximate surface area is 156 Å². The lowest BCUT2D eigenvalue weighted by molar-refractivity contribution is -0.160. The van der Waals surface area contributed by atoms with Crippen molar-refractivity contribution in [3.8, 4) is 5.75 Å². The normalized spacial score (nSPS) is 13.2. The molecule has 0 aliphatic carbocycles. The molecule has 0 saturated carbocycles. The molecule has 0 radical (unpaired) electrons. The molecule has 0 aromatic heterocycles. The quantitative estimate of drug-likeness (QED) is 0.230. The van der Waals surface area contributed by atoms with Crippen LogP contribution in [0.1, 0.15) is 52.5 Å². The zero-order valence-corrected chi connectivity index (χ0v) is 16.5. The summed E-state index contributed by atoms with van der Waals surface area (Å²) >= 11 is 0. The molecule has 1 rings (SSSR count). The highest BCUT2D eigenvalue weighted by Crippen LogP contribution is 2.18. The third kappa shape index (κ3) is 8.20. The Morgan fingerprint density at radius 3 is 2.38 bits per heavy atom. The zero-order chi connectivity index (χ0) is 19.7. The van der Waals surface area contributed by atoms with Crippen molar-refractivity contribution >= 4 is 11.8 Å². The van der Waals surface area contributed by atoms with Crippen molar-refractivity contribution in [3.63, 3.8) is 0 Å². The summed E-state index contributed by atoms with van der Waals surface area (Å²) < 4.78 is 10.6. The number of methoxy groups -OCH3 is 1. The first-order valence-corrected chi connectivity index (χ1v) is 8.85. The van der Waals surface area contributed by atoms with E-state index in [4.69, 9.17) is 21.1 Å². The van der Waals surface area contributed by atoms with Crippen LogP contribution in [0.25, 0.3) is 0 Å². The molecule has 0 heterocycles. The smallest absolute Gasteiger partial charge is 0.309 e. The number of ether oxygens (including phenoxy) is 2. The minimum absolute atomic E-state index is 0.253. The van der Waals surface area contributed by atoms with Gasteiger partial charge >= 0.3 is 5.97 Å². The van der Waals surface area contributed by atoms with Crippen LogP contribution in [0.5, 0.6) is 5.75 Å². The first kappa shape index (κ1) is 21.8. The van der Waals surface area contributed by atoms with Gasteiger partial charge in [0.2, 0.25) is 0 Å². The fourth-order valence-corrected chi connectivity index (χ4v) is 2.45. The first-order chi connectivity index (χ1) is 12.1. The van der Waals surface area contributed by atoms with Gasteiger partial charge in [0.1, 0.15) is 17.2 Å². The number of carbonyl (C=O) groups excluding carboxylic acids is 1. The van der Waals surface area contributed by atoms with Gasteiger partial charge in [-0.15, -0.1) is 5.10 Å². The molecule has 7 heteroatoms. The fourth-order valence-electron chi connectivity index (χ4n) is 2.45. The minimum atomic E-state index is -0.525. The monoisotopic (exact) mass is 364 g/mol. The molecule has 0 saturated heterocycles. The van der Waals surface area contributed by atoms with E-state index in [0.717, 1.165) is 17.7 Å². The van der Waals surface area contributed by atoms with Gasteiger partial charge in [-0.25, -0.2) is 11.0 Å². The third-order valence-electron chi connectivity index (χ3n) is 3.59. The lowest BCUT2D eigenvalue weighted by Gasteiger charge is -2.24. The van der Waals surface area contributed by atoms with Crippen molar-refractivity contribution in [1.29, 1.82) is 0 Å². The average molecular weight is 364 g/mol. The lowest BCUT2D eigenvalue weighted by atomic mass is 9.99. The van der Waals surface area contributed by atoms with E-state index >= 15 is 0 Å². The SMILES string of the molecule is CCCC(C/C(N)=N/N(N)Cc1ccc(OC)cc1)C(=O)OC(C)(C)C. The summed E-state index contributed by atoms with van der Waals surface area (Å²) in [5.41, 5.74) is 6.46. The van der Waals surface area contributed by atoms with E-state index < -0.39 is 5.60 Å². The van der Waals surface area contributed by atoms with Gasteiger partial charge in [0, 0.05) is 6.42 Å². The van der Waals surface area contributed by atoms with Gasteiger partial charge in [-0.3, -0.25) is 4.79 Å². The Morgan fingerprint density at radius 1 is 1.27 bits per heavy atom. The number of hydrazine groups is 1. The Balaban J connectivity index is 2.68. The number of hydrogen-bond acceptors (Lipinski definition) is 6. The molecule has 0 aliphatic heterocycles. The van der Waals surface area contributed by atoms with Gasteiger partial charge < -0.3 is 15.2 Å². The molecule has 1 aromatic rings. The van der Waals surface area contributed by atoms with Crippen molar-refractivity contribution in [3.05, 3.63) is 29.8 Å². The number of esters is 1. The van der Waals surface area contributed by atoms with Crippen molar-refractivity contribution in [2.45, 2.75) is 59.1 Å². The maximum atomic E-state index is 12.3. The van der Waals surface area contributed by atoms with Crippen molar-refractivity contribution in [2.24, 2.45) is 22.6 Å². The minimum Gasteiger partial charge on any atom is -0.497 e. The third-order valence-corrected chi connectivity index (χ3v) is 3.59. The summed E-state index contributed by atoms with van der Waals surface area (Å²) in [4.78, 5) is 12.3. The Hall–Kier alpha value is -2.28. The molecule has 0 aliphatic rings. The number of nitrogens with two attached hydrogens (primary N) is 2. The maximum Gasteiger partial charge on any atom is 0.309 e. The zero-order valence-electron chi connectivity index (χ0n) is 16.5. The van der Waals surface area contributed by atoms with E-state index in [0.29, 0.717) is 25.2 Å². The molecule has 0 bridgehead atoms. The van der Waals surface area contributed by atoms with E-state index in [2.05, 4.69) is 5.10 Å². The van der Waals surface area contributed by atoms with Crippen molar-refractivity contribution < 1.29 is 14.3 Å². The Morgan fingerprint density at radius 2 is 1.88 bits per heavy atom. The number of nitrogens with zero attached hydrogens (tertiary/aromatic N) is 2. The molecule has 0 amide bonds. The number of hydrogen-bond donors (Lipinski definition) is 2. The summed E-state index contributed by atoms with van der Waals surface area (Å²) in [6, 6.07) is 7.53. The highest BCUT2D eigenvalue weighted by molar-refractivity contribution is 5.85. The van der Waals surface area contributed by atoms with Crippen LogP contribution in [0, 0.1) is 5.92 Å². The summed E-state index contributed by atoms with van der Waals surface area (Å²) in [5, 5.41) is 5.46. The average Bonchev–Trinajstić information content (AvgIpc) is 2.53. The molecular weight excluding hydrogens is 332 g/mol. The number of amidine groups is 1. The van der Waals surface area contributed by atoms with E-state index in [1.54, 1.807) is 7.11 Å². The van der Waals surface area contributed by atoms with Crippen LogP contribution in [0.2, 0.25) is 0 Å². The van der Waals surface area contributed by atoms with Gasteiger partial charge in [0.05, 0.1) is 19.6 Å². The molecule has 7 nitrogen and oxygen atoms in total. The highest BCUT2D eigenvalue weighted by atomic mass is 16.6. The van der Waals surface area contributed by atoms with Crippen LogP contribution < -0.4 is 16.3 Å². The van der Waals surface area contributed by atoms with Crippen molar-refractivity contribution in [1.82, 2.24) is 5.12 Å². The van der Waals surface area contributed by atoms with E-state index in [1.807, 2.05) is 52.0 Å². The van der Waals surface area contributed by atoms with Crippen LogP contribution >= 0.6 is 0 Å². The molecule has 0 spiro atoms. The second kappa shape index (κ2) is 10.0. The standard InChI is InChI=1S/C19H32N4O3/c1-6-7-15(18(24)26-19(2,3)4)12-17(20)22-23(21)13-14-8-10-16(25-5)11-9-14/h8-11,15H,6-7,12-13,21H2,1-5H3,(H2,20,22). The second-order valence-electron chi connectivity index (χ2n) is 7.26. The molecule has 1 atom stereocenters. The van der Waals surface area contributed by atoms with Gasteiger partial charge in [0.25, 0.3) is 0 Å². The summed E-state index contributed by atoms with van der Waals surface area (Å²) in [5.74, 6) is 6.44. The first-order valence-electron chi connectivity index (χ1n) is 8.85. The van der Waals surface area contributed by atoms with E-state index in [1.165, 1.54) is 5.12 Å². The second-order valence-corrected chi connectivity index (χ2v) is 7.26. The molecule has 1 aromatic carbocycles. The Bertz CT molecular complexity index is 594. The number of hydrazone groups is 1. The van der Waals surface area contributed by atoms with Crippen LogP contribution in [0.4, 0.5) is 0 Å². The lowest BCUT2D eigenvalue weighted by Crippen LogP contribution is -2.33. The number of carbonyl (C=O) groups is 1. The van der Waals surface area contributed by atoms with Gasteiger partial charge in [0.15, 0.2) is 0 Å². The largest absolute Gasteiger partial charge is 0.497 e. The summed E-state index contributed by atoms with van der Waals surface area (Å²) in [6.45, 7) is 7.96. The molecule has 1 unspecified atom stereocenters. The summed E-state index contributed by atoms with van der Waals surface area (Å²) in [6.07, 6.45) is 1.86. The number of rotatable bonds is 9. The molecule has 146 valence electrons. The summed E-state index contributed by atoms with van der Waals surface area (Å²) in [7, 11) is 1.62. The predicted octanol–water partition coefficient (Wildman–Crippen LogP) is 2.79. The predicted molar refractivity (Wildman–Crippen MR) is 103 cm³/mol. The molecule has 26 heavy (non-hydrogen) atoms. The van der Waals surface area contributed by atoms with Crippen molar-refractivity contribution in [2.75, 3.05) is 7.11 Å². The van der Waals surface area contributed by atoms with Gasteiger partial charge in [-0.1, -0.05) is 25.5 Å². The van der Waals surface area contributed by atoms with Gasteiger partial charge in [-0.05, 0) is 44.9 Å². The molecular formula is C19H32N4O3. The van der Waals surface area contributed by atoms with Gasteiger partial charge in [-0.2, -0.15) is 0 Å². The van der Waals surface area contributed by atoms with Crippen LogP contribution in [-0.4, -0.2) is 29.6 Å². The fraction of sp³-hybridized carbons (Fsp3) is 0.579. The maximum absolute atomic E-state index is 12.3. The number of benzene rings is 1. The van der Waals surface area contributed by atoms with E-state index in [9.17, 15) is 4.79 Å². The van der Waals surface area contributed by atoms with E-state index in [-0.39, 0.29) is 11.9 Å².